The van der Waals surface area contributed by atoms with E-state index in [0.29, 0.717) is 0 Å². The van der Waals surface area contributed by atoms with Gasteiger partial charge in [0, 0.05) is 11.6 Å². The highest BCUT2D eigenvalue weighted by Crippen LogP contribution is 2.24. The first kappa shape index (κ1) is 9.35. The Morgan fingerprint density at radius 1 is 1.22 bits per heavy atom. The summed E-state index contributed by atoms with van der Waals surface area (Å²) >= 11 is 0. The van der Waals surface area contributed by atoms with Crippen molar-refractivity contribution in [3.8, 4) is 11.4 Å². The van der Waals surface area contributed by atoms with Crippen LogP contribution in [-0.2, 0) is 0 Å². The van der Waals surface area contributed by atoms with Crippen LogP contribution < -0.4 is 0 Å². The van der Waals surface area contributed by atoms with Crippen molar-refractivity contribution in [3.05, 3.63) is 49.2 Å². The number of hydrogen-bond donors (Lipinski definition) is 1. The lowest BCUT2D eigenvalue weighted by molar-refractivity contribution is 1.08. The van der Waals surface area contributed by atoms with E-state index in [2.05, 4.69) is 26.4 Å². The van der Waals surface area contributed by atoms with E-state index in [9.17, 15) is 0 Å². The van der Waals surface area contributed by atoms with E-state index < -0.39 is 0 Å². The number of nitrogens with zero attached hydrogens (tertiary/aromatic N) is 4. The quantitative estimate of drug-likeness (QED) is 0.548. The van der Waals surface area contributed by atoms with Crippen LogP contribution in [0.4, 0.5) is 0 Å². The van der Waals surface area contributed by atoms with Gasteiger partial charge in [0.25, 0.3) is 0 Å². The zero-order valence-electron chi connectivity index (χ0n) is 9.33. The Kier molecular flexibility index (Phi) is 1.77. The topological polar surface area (TPSA) is 58.9 Å². The molecule has 0 fully saturated rings. The fourth-order valence-corrected chi connectivity index (χ4v) is 2.05. The number of para-hydroxylation sites is 1. The van der Waals surface area contributed by atoms with E-state index in [1.54, 1.807) is 12.5 Å². The number of nitrogens with one attached hydrogen (secondary N) is 1. The van der Waals surface area contributed by atoms with Crippen LogP contribution >= 0.6 is 0 Å². The molecule has 3 aromatic heterocycles. The molecule has 0 spiro atoms. The first-order valence-corrected chi connectivity index (χ1v) is 5.56. The van der Waals surface area contributed by atoms with Crippen LogP contribution in [0.15, 0.2) is 43.0 Å². The monoisotopic (exact) mass is 234 g/mol. The van der Waals surface area contributed by atoms with Gasteiger partial charge < -0.3 is 4.40 Å². The van der Waals surface area contributed by atoms with Crippen LogP contribution in [0.1, 0.15) is 0 Å². The number of aromatic amines is 1. The van der Waals surface area contributed by atoms with Crippen LogP contribution in [0.2, 0.25) is 0 Å². The highest BCUT2D eigenvalue weighted by Gasteiger charge is 2.09. The summed E-state index contributed by atoms with van der Waals surface area (Å²) in [6, 6.07) is 7.98. The molecule has 3 heterocycles. The Morgan fingerprint density at radius 3 is 3.17 bits per heavy atom. The smallest absolute Gasteiger partial charge is 0.120 e. The predicted molar refractivity (Wildman–Crippen MR) is 66.9 cm³/mol. The second kappa shape index (κ2) is 3.40. The number of hydrogen-bond acceptors (Lipinski definition) is 3. The molecule has 4 rings (SSSR count). The average molecular weight is 234 g/mol. The highest BCUT2D eigenvalue weighted by atomic mass is 15.1. The molecule has 0 saturated heterocycles. The molecular formula is C13H8N5. The molecule has 1 radical (unpaired) electrons. The highest BCUT2D eigenvalue weighted by molar-refractivity contribution is 5.91. The van der Waals surface area contributed by atoms with E-state index in [1.807, 2.05) is 34.9 Å². The lowest BCUT2D eigenvalue weighted by Gasteiger charge is -1.98. The van der Waals surface area contributed by atoms with E-state index >= 15 is 0 Å². The second-order valence-corrected chi connectivity index (χ2v) is 4.04. The molecule has 1 N–H and O–H groups in total. The van der Waals surface area contributed by atoms with Gasteiger partial charge in [0.05, 0.1) is 23.6 Å². The van der Waals surface area contributed by atoms with E-state index in [-0.39, 0.29) is 0 Å². The Labute approximate surface area is 102 Å². The molecular weight excluding hydrogens is 226 g/mol. The van der Waals surface area contributed by atoms with Gasteiger partial charge in [0.15, 0.2) is 0 Å². The number of imidazole rings is 1. The van der Waals surface area contributed by atoms with Gasteiger partial charge in [-0.1, -0.05) is 18.2 Å². The normalized spacial score (nSPS) is 11.3. The Hall–Kier alpha value is -2.69. The van der Waals surface area contributed by atoms with Crippen LogP contribution in [0.3, 0.4) is 0 Å². The van der Waals surface area contributed by atoms with Crippen LogP contribution in [0.25, 0.3) is 27.8 Å². The average Bonchev–Trinajstić information content (AvgIpc) is 3.04. The van der Waals surface area contributed by atoms with Gasteiger partial charge in [-0.2, -0.15) is 5.10 Å². The van der Waals surface area contributed by atoms with Crippen molar-refractivity contribution < 1.29 is 0 Å². The summed E-state index contributed by atoms with van der Waals surface area (Å²) in [5.41, 5.74) is 3.45. The third kappa shape index (κ3) is 1.24. The maximum Gasteiger partial charge on any atom is 0.120 e. The zero-order chi connectivity index (χ0) is 11.9. The number of rotatable bonds is 1. The summed E-state index contributed by atoms with van der Waals surface area (Å²) in [4.78, 5) is 8.35. The van der Waals surface area contributed by atoms with Crippen LogP contribution in [0.5, 0.6) is 0 Å². The molecule has 85 valence electrons. The molecule has 4 aromatic rings. The Balaban J connectivity index is 2.00. The lowest BCUT2D eigenvalue weighted by Crippen LogP contribution is -1.90. The second-order valence-electron chi connectivity index (χ2n) is 4.04. The summed E-state index contributed by atoms with van der Waals surface area (Å²) in [5, 5.41) is 8.37. The fraction of sp³-hybridized carbons (Fsp3) is 0. The van der Waals surface area contributed by atoms with Crippen molar-refractivity contribution >= 4 is 16.4 Å². The van der Waals surface area contributed by atoms with Gasteiger partial charge in [-0.3, -0.25) is 5.10 Å². The van der Waals surface area contributed by atoms with Gasteiger partial charge in [-0.05, 0) is 6.07 Å². The minimum Gasteiger partial charge on any atom is -0.302 e. The van der Waals surface area contributed by atoms with Gasteiger partial charge in [-0.25, -0.2) is 9.97 Å². The summed E-state index contributed by atoms with van der Waals surface area (Å²) in [7, 11) is 0. The zero-order valence-corrected chi connectivity index (χ0v) is 9.33. The first-order valence-electron chi connectivity index (χ1n) is 5.56. The number of benzene rings is 1. The largest absolute Gasteiger partial charge is 0.302 e. The van der Waals surface area contributed by atoms with Crippen molar-refractivity contribution in [2.75, 3.05) is 0 Å². The van der Waals surface area contributed by atoms with Crippen molar-refractivity contribution in [2.24, 2.45) is 0 Å². The molecule has 0 aliphatic heterocycles. The number of fused-ring (bicyclic) bond motifs is 2. The molecule has 0 unspecified atom stereocenters. The number of aromatic nitrogens is 5. The van der Waals surface area contributed by atoms with Gasteiger partial charge in [0.2, 0.25) is 0 Å². The van der Waals surface area contributed by atoms with Gasteiger partial charge >= 0.3 is 0 Å². The van der Waals surface area contributed by atoms with Crippen molar-refractivity contribution in [1.82, 2.24) is 24.6 Å². The molecule has 0 bridgehead atoms. The molecule has 0 aliphatic carbocycles. The predicted octanol–water partition coefficient (Wildman–Crippen LogP) is 2.07. The summed E-state index contributed by atoms with van der Waals surface area (Å²) in [6.07, 6.45) is 8.30. The maximum atomic E-state index is 4.32. The summed E-state index contributed by atoms with van der Waals surface area (Å²) in [6.45, 7) is 0. The maximum absolute atomic E-state index is 4.32. The Bertz CT molecular complexity index is 842. The van der Waals surface area contributed by atoms with E-state index in [1.165, 1.54) is 0 Å². The van der Waals surface area contributed by atoms with Gasteiger partial charge in [-0.15, -0.1) is 0 Å². The molecule has 18 heavy (non-hydrogen) atoms. The van der Waals surface area contributed by atoms with Crippen molar-refractivity contribution in [2.45, 2.75) is 0 Å². The fourth-order valence-electron chi connectivity index (χ4n) is 2.05. The standard InChI is InChI=1S/C13H8N5/c1-2-4-11-10(3-1)13(17-16-11)12-7-18-8-14-5-9(18)6-15-12/h1-5,7-8H,(H,16,17). The molecule has 0 amide bonds. The minimum atomic E-state index is 0.776. The molecule has 0 saturated carbocycles. The third-order valence-electron chi connectivity index (χ3n) is 2.93. The summed E-state index contributed by atoms with van der Waals surface area (Å²) < 4.78 is 1.88. The van der Waals surface area contributed by atoms with Crippen molar-refractivity contribution in [1.29, 1.82) is 0 Å². The Morgan fingerprint density at radius 2 is 2.17 bits per heavy atom. The van der Waals surface area contributed by atoms with Crippen LogP contribution in [0, 0.1) is 6.20 Å². The van der Waals surface area contributed by atoms with Crippen LogP contribution in [-0.4, -0.2) is 24.6 Å². The molecule has 0 atom stereocenters. The van der Waals surface area contributed by atoms with E-state index in [4.69, 9.17) is 0 Å². The molecule has 0 aliphatic rings. The molecule has 5 heteroatoms. The third-order valence-corrected chi connectivity index (χ3v) is 2.93. The van der Waals surface area contributed by atoms with E-state index in [0.717, 1.165) is 27.8 Å². The number of H-pyrrole nitrogens is 1. The summed E-state index contributed by atoms with van der Waals surface area (Å²) in [5.74, 6) is 0. The van der Waals surface area contributed by atoms with Crippen molar-refractivity contribution in [3.63, 3.8) is 0 Å². The first-order chi connectivity index (χ1) is 8.92. The lowest BCUT2D eigenvalue weighted by atomic mass is 10.2. The molecule has 5 nitrogen and oxygen atoms in total. The minimum absolute atomic E-state index is 0.776. The SMILES string of the molecule is [c]1nc(-c2n[nH]c3ccccc23)cn2cncc12. The van der Waals surface area contributed by atoms with Gasteiger partial charge in [0.1, 0.15) is 17.6 Å². The molecule has 1 aromatic carbocycles.